The number of aromatic nitrogens is 3. The molecule has 0 aromatic carbocycles. The lowest BCUT2D eigenvalue weighted by Gasteiger charge is -2.16. The molecule has 0 radical (unpaired) electrons. The average molecular weight is 239 g/mol. The minimum absolute atomic E-state index is 0.768. The van der Waals surface area contributed by atoms with E-state index in [9.17, 15) is 0 Å². The first kappa shape index (κ1) is 12.3. The Hall–Kier alpha value is -1.14. The summed E-state index contributed by atoms with van der Waals surface area (Å²) in [6.07, 6.45) is 3.02. The minimum atomic E-state index is 0.768. The molecule has 0 saturated carbocycles. The van der Waals surface area contributed by atoms with E-state index in [2.05, 4.69) is 25.4 Å². The Labute approximate surface area is 102 Å². The largest absolute Gasteiger partial charge is 0.385 e. The van der Waals surface area contributed by atoms with E-state index in [1.807, 2.05) is 0 Å². The van der Waals surface area contributed by atoms with E-state index in [1.165, 1.54) is 0 Å². The zero-order chi connectivity index (χ0) is 11.9. The average Bonchev–Trinajstić information content (AvgIpc) is 2.64. The van der Waals surface area contributed by atoms with Gasteiger partial charge in [-0.3, -0.25) is 5.10 Å². The van der Waals surface area contributed by atoms with E-state index < -0.39 is 0 Å². The van der Waals surface area contributed by atoms with Gasteiger partial charge in [0.15, 0.2) is 0 Å². The Bertz CT molecular complexity index is 319. The first-order valence-electron chi connectivity index (χ1n) is 6.26. The van der Waals surface area contributed by atoms with Crippen LogP contribution in [0.1, 0.15) is 18.7 Å². The maximum atomic E-state index is 5.02. The number of ether oxygens (including phenoxy) is 1. The Balaban J connectivity index is 1.87. The summed E-state index contributed by atoms with van der Waals surface area (Å²) < 4.78 is 5.02. The van der Waals surface area contributed by atoms with Crippen LogP contribution >= 0.6 is 0 Å². The van der Waals surface area contributed by atoms with Crippen LogP contribution < -0.4 is 10.2 Å². The second-order valence-corrected chi connectivity index (χ2v) is 4.27. The molecule has 1 aromatic rings. The molecule has 0 amide bonds. The van der Waals surface area contributed by atoms with Gasteiger partial charge in [0.25, 0.3) is 0 Å². The highest BCUT2D eigenvalue weighted by molar-refractivity contribution is 5.28. The Morgan fingerprint density at radius 2 is 2.29 bits per heavy atom. The normalized spacial score (nSPS) is 17.1. The van der Waals surface area contributed by atoms with Gasteiger partial charge in [0.1, 0.15) is 5.82 Å². The third kappa shape index (κ3) is 3.67. The fraction of sp³-hybridized carbons (Fsp3) is 0.818. The number of aromatic amines is 1. The highest BCUT2D eigenvalue weighted by Gasteiger charge is 2.13. The molecule has 6 heteroatoms. The lowest BCUT2D eigenvalue weighted by Crippen LogP contribution is -2.28. The SMILES string of the molecule is COCCCc1nc(N2CCCNCC2)n[nH]1. The lowest BCUT2D eigenvalue weighted by molar-refractivity contribution is 0.194. The summed E-state index contributed by atoms with van der Waals surface area (Å²) in [6, 6.07) is 0. The fourth-order valence-electron chi connectivity index (χ4n) is 1.97. The Kier molecular flexibility index (Phi) is 4.75. The van der Waals surface area contributed by atoms with Crippen molar-refractivity contribution in [2.75, 3.05) is 44.8 Å². The number of hydrogen-bond donors (Lipinski definition) is 2. The predicted octanol–water partition coefficient (Wildman–Crippen LogP) is 0.183. The summed E-state index contributed by atoms with van der Waals surface area (Å²) >= 11 is 0. The van der Waals surface area contributed by atoms with Gasteiger partial charge in [0.2, 0.25) is 5.95 Å². The Morgan fingerprint density at radius 1 is 1.35 bits per heavy atom. The summed E-state index contributed by atoms with van der Waals surface area (Å²) in [7, 11) is 1.72. The third-order valence-corrected chi connectivity index (χ3v) is 2.90. The highest BCUT2D eigenvalue weighted by Crippen LogP contribution is 2.09. The van der Waals surface area contributed by atoms with Crippen molar-refractivity contribution in [2.24, 2.45) is 0 Å². The number of rotatable bonds is 5. The van der Waals surface area contributed by atoms with Crippen molar-refractivity contribution in [1.29, 1.82) is 0 Å². The highest BCUT2D eigenvalue weighted by atomic mass is 16.5. The summed E-state index contributed by atoms with van der Waals surface area (Å²) in [4.78, 5) is 6.76. The second kappa shape index (κ2) is 6.56. The van der Waals surface area contributed by atoms with Crippen LogP contribution in [0.25, 0.3) is 0 Å². The first-order chi connectivity index (χ1) is 8.40. The minimum Gasteiger partial charge on any atom is -0.385 e. The van der Waals surface area contributed by atoms with Gasteiger partial charge in [-0.1, -0.05) is 0 Å². The van der Waals surface area contributed by atoms with Crippen LogP contribution in [0.2, 0.25) is 0 Å². The Morgan fingerprint density at radius 3 is 3.18 bits per heavy atom. The molecule has 2 N–H and O–H groups in total. The van der Waals surface area contributed by atoms with Crippen molar-refractivity contribution in [3.63, 3.8) is 0 Å². The van der Waals surface area contributed by atoms with Gasteiger partial charge in [0, 0.05) is 39.8 Å². The van der Waals surface area contributed by atoms with Gasteiger partial charge in [-0.25, -0.2) is 0 Å². The van der Waals surface area contributed by atoms with Gasteiger partial charge in [-0.2, -0.15) is 4.98 Å². The van der Waals surface area contributed by atoms with E-state index in [1.54, 1.807) is 7.11 Å². The first-order valence-corrected chi connectivity index (χ1v) is 6.26. The van der Waals surface area contributed by atoms with E-state index in [-0.39, 0.29) is 0 Å². The number of aryl methyl sites for hydroxylation is 1. The molecule has 0 aliphatic carbocycles. The molecule has 0 spiro atoms. The predicted molar refractivity (Wildman–Crippen MR) is 66.3 cm³/mol. The van der Waals surface area contributed by atoms with Crippen LogP contribution in [0.15, 0.2) is 0 Å². The zero-order valence-corrected chi connectivity index (χ0v) is 10.4. The number of nitrogens with zero attached hydrogens (tertiary/aromatic N) is 3. The number of anilines is 1. The standard InChI is InChI=1S/C11H21N5O/c1-17-9-2-4-10-13-11(15-14-10)16-7-3-5-12-6-8-16/h12H,2-9H2,1H3,(H,13,14,15). The van der Waals surface area contributed by atoms with Crippen molar-refractivity contribution in [1.82, 2.24) is 20.5 Å². The number of nitrogens with one attached hydrogen (secondary N) is 2. The summed E-state index contributed by atoms with van der Waals surface area (Å²) in [5.41, 5.74) is 0. The van der Waals surface area contributed by atoms with Crippen molar-refractivity contribution in [2.45, 2.75) is 19.3 Å². The molecule has 17 heavy (non-hydrogen) atoms. The topological polar surface area (TPSA) is 66.1 Å². The van der Waals surface area contributed by atoms with Gasteiger partial charge in [-0.05, 0) is 19.4 Å². The van der Waals surface area contributed by atoms with E-state index >= 15 is 0 Å². The monoisotopic (exact) mass is 239 g/mol. The summed E-state index contributed by atoms with van der Waals surface area (Å²) in [6.45, 7) is 4.87. The van der Waals surface area contributed by atoms with Crippen LogP contribution in [0.3, 0.4) is 0 Å². The van der Waals surface area contributed by atoms with E-state index in [0.717, 1.165) is 63.8 Å². The molecule has 2 rings (SSSR count). The van der Waals surface area contributed by atoms with E-state index in [4.69, 9.17) is 4.74 Å². The van der Waals surface area contributed by atoms with Crippen molar-refractivity contribution in [3.05, 3.63) is 5.82 Å². The van der Waals surface area contributed by atoms with Crippen LogP contribution in [0, 0.1) is 0 Å². The van der Waals surface area contributed by atoms with Crippen LogP contribution in [0.5, 0.6) is 0 Å². The molecule has 0 atom stereocenters. The molecule has 1 aliphatic heterocycles. The van der Waals surface area contributed by atoms with Crippen LogP contribution in [-0.2, 0) is 11.2 Å². The van der Waals surface area contributed by atoms with Crippen LogP contribution in [-0.4, -0.2) is 55.1 Å². The zero-order valence-electron chi connectivity index (χ0n) is 10.4. The van der Waals surface area contributed by atoms with Crippen molar-refractivity contribution in [3.8, 4) is 0 Å². The smallest absolute Gasteiger partial charge is 0.244 e. The molecular formula is C11H21N5O. The molecule has 1 fully saturated rings. The molecule has 0 unspecified atom stereocenters. The molecule has 1 saturated heterocycles. The summed E-state index contributed by atoms with van der Waals surface area (Å²) in [5.74, 6) is 1.79. The third-order valence-electron chi connectivity index (χ3n) is 2.90. The lowest BCUT2D eigenvalue weighted by atomic mass is 10.3. The molecule has 1 aliphatic rings. The maximum Gasteiger partial charge on any atom is 0.244 e. The maximum absolute atomic E-state index is 5.02. The van der Waals surface area contributed by atoms with Gasteiger partial charge in [0.05, 0.1) is 0 Å². The molecule has 6 nitrogen and oxygen atoms in total. The van der Waals surface area contributed by atoms with E-state index in [0.29, 0.717) is 0 Å². The van der Waals surface area contributed by atoms with Gasteiger partial charge in [-0.15, -0.1) is 5.10 Å². The summed E-state index contributed by atoms with van der Waals surface area (Å²) in [5, 5.41) is 10.7. The van der Waals surface area contributed by atoms with Gasteiger partial charge < -0.3 is 15.0 Å². The second-order valence-electron chi connectivity index (χ2n) is 4.27. The van der Waals surface area contributed by atoms with Crippen molar-refractivity contribution >= 4 is 5.95 Å². The fourth-order valence-corrected chi connectivity index (χ4v) is 1.97. The van der Waals surface area contributed by atoms with Crippen LogP contribution in [0.4, 0.5) is 5.95 Å². The number of methoxy groups -OCH3 is 1. The number of hydrogen-bond acceptors (Lipinski definition) is 5. The number of H-pyrrole nitrogens is 1. The molecular weight excluding hydrogens is 218 g/mol. The quantitative estimate of drug-likeness (QED) is 0.718. The van der Waals surface area contributed by atoms with Gasteiger partial charge >= 0.3 is 0 Å². The molecule has 2 heterocycles. The molecule has 1 aromatic heterocycles. The molecule has 0 bridgehead atoms. The van der Waals surface area contributed by atoms with Crippen molar-refractivity contribution < 1.29 is 4.74 Å². The molecule has 96 valence electrons.